The molecule has 5 nitrogen and oxygen atoms in total. The molecule has 3 heterocycles. The van der Waals surface area contributed by atoms with E-state index in [2.05, 4.69) is 45.2 Å². The second-order valence-electron chi connectivity index (χ2n) is 8.69. The molecule has 31 heavy (non-hydrogen) atoms. The third-order valence-electron chi connectivity index (χ3n) is 6.17. The molecule has 1 saturated heterocycles. The molecule has 0 bridgehead atoms. The molecule has 0 saturated carbocycles. The minimum absolute atomic E-state index is 0.211. The maximum Gasteiger partial charge on any atom is 0.229 e. The minimum Gasteiger partial charge on any atom is -0.348 e. The SMILES string of the molecule is CN(C)C(=O)C1(Cc2ccccc2-c2ccncc2)CCCN(Cc2ccccn2)C1. The van der Waals surface area contributed by atoms with Gasteiger partial charge < -0.3 is 4.90 Å². The van der Waals surface area contributed by atoms with E-state index < -0.39 is 5.41 Å². The summed E-state index contributed by atoms with van der Waals surface area (Å²) in [5.74, 6) is 0.211. The fourth-order valence-electron chi connectivity index (χ4n) is 4.80. The highest BCUT2D eigenvalue weighted by Gasteiger charge is 2.43. The van der Waals surface area contributed by atoms with E-state index in [1.165, 1.54) is 11.1 Å². The van der Waals surface area contributed by atoms with Gasteiger partial charge in [-0.25, -0.2) is 0 Å². The van der Waals surface area contributed by atoms with Crippen molar-refractivity contribution in [1.82, 2.24) is 19.8 Å². The van der Waals surface area contributed by atoms with Crippen LogP contribution in [0.3, 0.4) is 0 Å². The number of rotatable bonds is 6. The Morgan fingerprint density at radius 3 is 2.55 bits per heavy atom. The van der Waals surface area contributed by atoms with Crippen LogP contribution in [0, 0.1) is 5.41 Å². The number of piperidine rings is 1. The molecule has 0 aliphatic carbocycles. The van der Waals surface area contributed by atoms with Crippen LogP contribution in [0.4, 0.5) is 0 Å². The average Bonchev–Trinajstić information content (AvgIpc) is 2.80. The number of aromatic nitrogens is 2. The second-order valence-corrected chi connectivity index (χ2v) is 8.69. The van der Waals surface area contributed by atoms with Crippen molar-refractivity contribution in [2.24, 2.45) is 5.41 Å². The fourth-order valence-corrected chi connectivity index (χ4v) is 4.80. The molecule has 1 aromatic carbocycles. The molecular formula is C26H30N4O. The van der Waals surface area contributed by atoms with E-state index in [0.717, 1.165) is 50.2 Å². The van der Waals surface area contributed by atoms with Crippen LogP contribution in [0.5, 0.6) is 0 Å². The minimum atomic E-state index is -0.445. The summed E-state index contributed by atoms with van der Waals surface area (Å²) >= 11 is 0. The summed E-state index contributed by atoms with van der Waals surface area (Å²) in [4.78, 5) is 26.4. The van der Waals surface area contributed by atoms with E-state index in [-0.39, 0.29) is 5.91 Å². The van der Waals surface area contributed by atoms with E-state index in [1.54, 1.807) is 4.90 Å². The Labute approximate surface area is 184 Å². The van der Waals surface area contributed by atoms with Crippen LogP contribution in [0.2, 0.25) is 0 Å². The number of hydrogen-bond acceptors (Lipinski definition) is 4. The van der Waals surface area contributed by atoms with Gasteiger partial charge in [0.25, 0.3) is 0 Å². The predicted molar refractivity (Wildman–Crippen MR) is 123 cm³/mol. The van der Waals surface area contributed by atoms with Crippen LogP contribution in [0.25, 0.3) is 11.1 Å². The molecule has 160 valence electrons. The van der Waals surface area contributed by atoms with Gasteiger partial charge in [0.15, 0.2) is 0 Å². The smallest absolute Gasteiger partial charge is 0.229 e. The van der Waals surface area contributed by atoms with Gasteiger partial charge in [-0.05, 0) is 66.8 Å². The van der Waals surface area contributed by atoms with Gasteiger partial charge in [-0.1, -0.05) is 30.3 Å². The summed E-state index contributed by atoms with van der Waals surface area (Å²) in [6.45, 7) is 2.51. The van der Waals surface area contributed by atoms with Gasteiger partial charge in [0, 0.05) is 45.8 Å². The van der Waals surface area contributed by atoms with Gasteiger partial charge in [-0.15, -0.1) is 0 Å². The quantitative estimate of drug-likeness (QED) is 0.610. The summed E-state index contributed by atoms with van der Waals surface area (Å²) in [5, 5.41) is 0. The third kappa shape index (κ3) is 4.83. The van der Waals surface area contributed by atoms with Crippen molar-refractivity contribution >= 4 is 5.91 Å². The summed E-state index contributed by atoms with van der Waals surface area (Å²) in [6.07, 6.45) is 8.10. The van der Waals surface area contributed by atoms with Gasteiger partial charge in [0.05, 0.1) is 11.1 Å². The number of pyridine rings is 2. The van der Waals surface area contributed by atoms with Gasteiger partial charge in [-0.2, -0.15) is 0 Å². The first kappa shape index (κ1) is 21.2. The molecule has 0 radical (unpaired) electrons. The van der Waals surface area contributed by atoms with Gasteiger partial charge in [0.1, 0.15) is 0 Å². The summed E-state index contributed by atoms with van der Waals surface area (Å²) in [7, 11) is 3.74. The molecule has 1 aliphatic heterocycles. The van der Waals surface area contributed by atoms with Crippen molar-refractivity contribution < 1.29 is 4.79 Å². The highest BCUT2D eigenvalue weighted by atomic mass is 16.2. The van der Waals surface area contributed by atoms with E-state index >= 15 is 0 Å². The first-order valence-corrected chi connectivity index (χ1v) is 10.9. The first-order valence-electron chi connectivity index (χ1n) is 10.9. The predicted octanol–water partition coefficient (Wildman–Crippen LogP) is 4.06. The van der Waals surface area contributed by atoms with Crippen molar-refractivity contribution in [3.05, 3.63) is 84.4 Å². The Morgan fingerprint density at radius 1 is 1.03 bits per heavy atom. The maximum atomic E-state index is 13.5. The second kappa shape index (κ2) is 9.40. The lowest BCUT2D eigenvalue weighted by Gasteiger charge is -2.43. The third-order valence-corrected chi connectivity index (χ3v) is 6.17. The van der Waals surface area contributed by atoms with Crippen molar-refractivity contribution in [1.29, 1.82) is 0 Å². The Bertz CT molecular complexity index is 1010. The normalized spacial score (nSPS) is 19.2. The Balaban J connectivity index is 1.66. The van der Waals surface area contributed by atoms with Crippen molar-refractivity contribution in [2.45, 2.75) is 25.8 Å². The van der Waals surface area contributed by atoms with Crippen LogP contribution < -0.4 is 0 Å². The molecule has 0 spiro atoms. The lowest BCUT2D eigenvalue weighted by atomic mass is 9.73. The van der Waals surface area contributed by atoms with Gasteiger partial charge >= 0.3 is 0 Å². The first-order chi connectivity index (χ1) is 15.1. The summed E-state index contributed by atoms with van der Waals surface area (Å²) in [5.41, 5.74) is 4.13. The zero-order valence-corrected chi connectivity index (χ0v) is 18.4. The van der Waals surface area contributed by atoms with Crippen molar-refractivity contribution in [3.63, 3.8) is 0 Å². The molecule has 1 aliphatic rings. The van der Waals surface area contributed by atoms with Crippen molar-refractivity contribution in [2.75, 3.05) is 27.2 Å². The Kier molecular flexibility index (Phi) is 6.42. The number of amides is 1. The van der Waals surface area contributed by atoms with Gasteiger partial charge in [-0.3, -0.25) is 19.7 Å². The monoisotopic (exact) mass is 414 g/mol. The topological polar surface area (TPSA) is 49.3 Å². The van der Waals surface area contributed by atoms with E-state index in [9.17, 15) is 4.79 Å². The molecule has 3 aromatic rings. The summed E-state index contributed by atoms with van der Waals surface area (Å²) < 4.78 is 0. The lowest BCUT2D eigenvalue weighted by Crippen LogP contribution is -2.52. The fraction of sp³-hybridized carbons (Fsp3) is 0.346. The molecule has 0 N–H and O–H groups in total. The Morgan fingerprint density at radius 2 is 1.81 bits per heavy atom. The molecule has 1 fully saturated rings. The number of benzene rings is 1. The average molecular weight is 415 g/mol. The standard InChI is InChI=1S/C26H30N4O/c1-29(2)25(31)26(13-7-17-30(20-26)19-23-9-5-6-14-28-23)18-22-8-3-4-10-24(22)21-11-15-27-16-12-21/h3-6,8-12,14-16H,7,13,17-20H2,1-2H3. The van der Waals surface area contributed by atoms with Crippen LogP contribution in [0.1, 0.15) is 24.1 Å². The van der Waals surface area contributed by atoms with Gasteiger partial charge in [0.2, 0.25) is 5.91 Å². The highest BCUT2D eigenvalue weighted by molar-refractivity contribution is 5.83. The van der Waals surface area contributed by atoms with Crippen LogP contribution in [-0.4, -0.2) is 52.9 Å². The number of carbonyl (C=O) groups excluding carboxylic acids is 1. The largest absolute Gasteiger partial charge is 0.348 e. The molecule has 1 atom stereocenters. The Hall–Kier alpha value is -3.05. The molecule has 2 aromatic heterocycles. The maximum absolute atomic E-state index is 13.5. The molecular weight excluding hydrogens is 384 g/mol. The number of hydrogen-bond donors (Lipinski definition) is 0. The van der Waals surface area contributed by atoms with Crippen molar-refractivity contribution in [3.8, 4) is 11.1 Å². The van der Waals surface area contributed by atoms with E-state index in [0.29, 0.717) is 0 Å². The van der Waals surface area contributed by atoms with E-state index in [1.807, 2.05) is 57.0 Å². The zero-order chi connectivity index (χ0) is 21.7. The molecule has 1 amide bonds. The lowest BCUT2D eigenvalue weighted by molar-refractivity contribution is -0.143. The van der Waals surface area contributed by atoms with Crippen LogP contribution >= 0.6 is 0 Å². The number of likely N-dealkylation sites (tertiary alicyclic amines) is 1. The number of carbonyl (C=O) groups is 1. The van der Waals surface area contributed by atoms with E-state index in [4.69, 9.17) is 0 Å². The molecule has 1 unspecified atom stereocenters. The summed E-state index contributed by atoms with van der Waals surface area (Å²) in [6, 6.07) is 18.5. The van der Waals surface area contributed by atoms with Crippen LogP contribution in [-0.2, 0) is 17.8 Å². The molecule has 5 heteroatoms. The van der Waals surface area contributed by atoms with Crippen LogP contribution in [0.15, 0.2) is 73.2 Å². The highest BCUT2D eigenvalue weighted by Crippen LogP contribution is 2.38. The zero-order valence-electron chi connectivity index (χ0n) is 18.4. The number of nitrogens with zero attached hydrogens (tertiary/aromatic N) is 4. The molecule has 4 rings (SSSR count).